The van der Waals surface area contributed by atoms with Crippen molar-refractivity contribution in [3.05, 3.63) is 53.9 Å². The van der Waals surface area contributed by atoms with E-state index >= 15 is 0 Å². The number of aromatic amines is 1. The second-order valence-electron chi connectivity index (χ2n) is 9.79. The third kappa shape index (κ3) is 5.18. The van der Waals surface area contributed by atoms with Gasteiger partial charge in [0.15, 0.2) is 0 Å². The first-order valence-electron chi connectivity index (χ1n) is 12.7. The average Bonchev–Trinajstić information content (AvgIpc) is 3.58. The van der Waals surface area contributed by atoms with Gasteiger partial charge < -0.3 is 24.6 Å². The number of anilines is 2. The van der Waals surface area contributed by atoms with Crippen LogP contribution in [0.4, 0.5) is 11.4 Å². The molecule has 1 aromatic heterocycles. The van der Waals surface area contributed by atoms with Gasteiger partial charge in [0.25, 0.3) is 0 Å². The van der Waals surface area contributed by atoms with Gasteiger partial charge in [0, 0.05) is 31.4 Å². The minimum atomic E-state index is -0.275. The van der Waals surface area contributed by atoms with E-state index in [1.165, 1.54) is 25.9 Å². The number of ether oxygens (including phenoxy) is 2. The van der Waals surface area contributed by atoms with E-state index in [1.807, 2.05) is 43.5 Å². The molecule has 3 heterocycles. The largest absolute Gasteiger partial charge is 0.497 e. The van der Waals surface area contributed by atoms with E-state index in [0.29, 0.717) is 13.0 Å². The number of nitrogens with zero attached hydrogens (tertiary/aromatic N) is 3. The first-order valence-corrected chi connectivity index (χ1v) is 12.7. The maximum Gasteiger partial charge on any atom is 0.231 e. The van der Waals surface area contributed by atoms with Crippen LogP contribution in [0.3, 0.4) is 0 Å². The van der Waals surface area contributed by atoms with Crippen molar-refractivity contribution in [1.82, 2.24) is 15.1 Å². The SMILES string of the molecule is COc1ccc2c(c1)C[C@H](C(=O)Nc1ccc(-c3cn[nH]c3C)cc1N(C)CCN1CCCC1)CO2. The van der Waals surface area contributed by atoms with Crippen molar-refractivity contribution in [2.75, 3.05) is 57.2 Å². The van der Waals surface area contributed by atoms with E-state index in [2.05, 4.69) is 38.4 Å². The Morgan fingerprint density at radius 3 is 2.83 bits per heavy atom. The summed E-state index contributed by atoms with van der Waals surface area (Å²) in [6, 6.07) is 11.9. The molecule has 8 heteroatoms. The highest BCUT2D eigenvalue weighted by Gasteiger charge is 2.27. The van der Waals surface area contributed by atoms with Crippen LogP contribution in [-0.4, -0.2) is 67.9 Å². The maximum atomic E-state index is 13.4. The number of carbonyl (C=O) groups is 1. The Morgan fingerprint density at radius 1 is 1.25 bits per heavy atom. The molecule has 2 aromatic carbocycles. The Bertz CT molecular complexity index is 1220. The molecule has 8 nitrogen and oxygen atoms in total. The first-order chi connectivity index (χ1) is 17.5. The zero-order valence-corrected chi connectivity index (χ0v) is 21.3. The fraction of sp³-hybridized carbons (Fsp3) is 0.429. The van der Waals surface area contributed by atoms with Gasteiger partial charge in [-0.05, 0) is 80.7 Å². The van der Waals surface area contributed by atoms with Gasteiger partial charge in [0.2, 0.25) is 5.91 Å². The number of nitrogens with one attached hydrogen (secondary N) is 2. The summed E-state index contributed by atoms with van der Waals surface area (Å²) in [5.41, 5.74) is 5.96. The van der Waals surface area contributed by atoms with Crippen LogP contribution in [-0.2, 0) is 11.2 Å². The standard InChI is InChI=1S/C28H35N5O3/c1-19-24(17-29-31-19)20-6-8-25(26(16-20)32(2)12-13-33-10-4-5-11-33)30-28(34)22-14-21-15-23(35-3)7-9-27(21)36-18-22/h6-9,15-17,22H,4-5,10-14,18H2,1-3H3,(H,29,31)(H,30,34)/t22-/m0/s1. The highest BCUT2D eigenvalue weighted by atomic mass is 16.5. The number of aryl methyl sites for hydroxylation is 1. The number of benzene rings is 2. The van der Waals surface area contributed by atoms with Crippen LogP contribution in [0, 0.1) is 12.8 Å². The third-order valence-electron chi connectivity index (χ3n) is 7.30. The molecule has 2 N–H and O–H groups in total. The van der Waals surface area contributed by atoms with Crippen molar-refractivity contribution >= 4 is 17.3 Å². The third-order valence-corrected chi connectivity index (χ3v) is 7.30. The predicted molar refractivity (Wildman–Crippen MR) is 142 cm³/mol. The molecular weight excluding hydrogens is 454 g/mol. The normalized spacial score (nSPS) is 17.4. The molecule has 0 radical (unpaired) electrons. The van der Waals surface area contributed by atoms with E-state index < -0.39 is 0 Å². The van der Waals surface area contributed by atoms with Crippen LogP contribution < -0.4 is 19.7 Å². The topological polar surface area (TPSA) is 82.7 Å². The molecule has 1 atom stereocenters. The molecule has 3 aromatic rings. The number of hydrogen-bond acceptors (Lipinski definition) is 6. The van der Waals surface area contributed by atoms with E-state index in [0.717, 1.165) is 58.3 Å². The van der Waals surface area contributed by atoms with E-state index in [-0.39, 0.29) is 11.8 Å². The van der Waals surface area contributed by atoms with Crippen molar-refractivity contribution in [3.63, 3.8) is 0 Å². The van der Waals surface area contributed by atoms with E-state index in [4.69, 9.17) is 9.47 Å². The minimum Gasteiger partial charge on any atom is -0.497 e. The number of rotatable bonds is 8. The number of H-pyrrole nitrogens is 1. The van der Waals surface area contributed by atoms with Gasteiger partial charge in [-0.15, -0.1) is 0 Å². The number of amides is 1. The number of likely N-dealkylation sites (N-methyl/N-ethyl adjacent to an activating group) is 1. The maximum absolute atomic E-state index is 13.4. The molecule has 0 unspecified atom stereocenters. The van der Waals surface area contributed by atoms with Crippen LogP contribution in [0.1, 0.15) is 24.1 Å². The van der Waals surface area contributed by atoms with E-state index in [1.54, 1.807) is 7.11 Å². The van der Waals surface area contributed by atoms with Crippen LogP contribution in [0.25, 0.3) is 11.1 Å². The van der Waals surface area contributed by atoms with Crippen molar-refractivity contribution in [3.8, 4) is 22.6 Å². The predicted octanol–water partition coefficient (Wildman–Crippen LogP) is 4.12. The van der Waals surface area contributed by atoms with Crippen LogP contribution in [0.15, 0.2) is 42.6 Å². The summed E-state index contributed by atoms with van der Waals surface area (Å²) in [6.45, 7) is 6.60. The number of methoxy groups -OCH3 is 1. The summed E-state index contributed by atoms with van der Waals surface area (Å²) < 4.78 is 11.3. The summed E-state index contributed by atoms with van der Waals surface area (Å²) >= 11 is 0. The van der Waals surface area contributed by atoms with Crippen LogP contribution >= 0.6 is 0 Å². The quantitative estimate of drug-likeness (QED) is 0.496. The molecule has 1 saturated heterocycles. The highest BCUT2D eigenvalue weighted by molar-refractivity contribution is 5.97. The molecule has 5 rings (SSSR count). The fourth-order valence-corrected chi connectivity index (χ4v) is 5.08. The van der Waals surface area contributed by atoms with Crippen molar-refractivity contribution < 1.29 is 14.3 Å². The summed E-state index contributed by atoms with van der Waals surface area (Å²) in [4.78, 5) is 18.1. The van der Waals surface area contributed by atoms with Crippen LogP contribution in [0.2, 0.25) is 0 Å². The summed E-state index contributed by atoms with van der Waals surface area (Å²) in [7, 11) is 3.74. The Kier molecular flexibility index (Phi) is 7.13. The second kappa shape index (κ2) is 10.6. The lowest BCUT2D eigenvalue weighted by Gasteiger charge is -2.28. The number of hydrogen-bond donors (Lipinski definition) is 2. The van der Waals surface area contributed by atoms with Gasteiger partial charge in [-0.2, -0.15) is 5.10 Å². The number of carbonyl (C=O) groups excluding carboxylic acids is 1. The molecule has 0 bridgehead atoms. The number of fused-ring (bicyclic) bond motifs is 1. The zero-order chi connectivity index (χ0) is 25.1. The zero-order valence-electron chi connectivity index (χ0n) is 21.3. The monoisotopic (exact) mass is 489 g/mol. The molecule has 190 valence electrons. The summed E-state index contributed by atoms with van der Waals surface area (Å²) in [6.07, 6.45) is 5.02. The Morgan fingerprint density at radius 2 is 2.08 bits per heavy atom. The van der Waals surface area contributed by atoms with Gasteiger partial charge in [0.05, 0.1) is 30.6 Å². The highest BCUT2D eigenvalue weighted by Crippen LogP contribution is 2.34. The smallest absolute Gasteiger partial charge is 0.231 e. The average molecular weight is 490 g/mol. The summed E-state index contributed by atoms with van der Waals surface area (Å²) in [5, 5.41) is 10.4. The van der Waals surface area contributed by atoms with Gasteiger partial charge in [-0.1, -0.05) is 6.07 Å². The molecular formula is C28H35N5O3. The van der Waals surface area contributed by atoms with Gasteiger partial charge in [-0.3, -0.25) is 9.89 Å². The Hall–Kier alpha value is -3.52. The minimum absolute atomic E-state index is 0.0371. The molecule has 1 fully saturated rings. The van der Waals surface area contributed by atoms with Crippen molar-refractivity contribution in [2.45, 2.75) is 26.2 Å². The Labute approximate surface area is 212 Å². The van der Waals surface area contributed by atoms with Gasteiger partial charge in [-0.25, -0.2) is 0 Å². The van der Waals surface area contributed by atoms with Gasteiger partial charge >= 0.3 is 0 Å². The molecule has 36 heavy (non-hydrogen) atoms. The molecule has 2 aliphatic heterocycles. The van der Waals surface area contributed by atoms with Gasteiger partial charge in [0.1, 0.15) is 18.1 Å². The van der Waals surface area contributed by atoms with Crippen molar-refractivity contribution in [2.24, 2.45) is 5.92 Å². The first kappa shape index (κ1) is 24.2. The lowest BCUT2D eigenvalue weighted by atomic mass is 9.95. The number of aromatic nitrogens is 2. The van der Waals surface area contributed by atoms with Crippen LogP contribution in [0.5, 0.6) is 11.5 Å². The molecule has 1 amide bonds. The Balaban J connectivity index is 1.36. The molecule has 2 aliphatic rings. The fourth-order valence-electron chi connectivity index (χ4n) is 5.08. The lowest BCUT2D eigenvalue weighted by molar-refractivity contribution is -0.121. The molecule has 0 aliphatic carbocycles. The lowest BCUT2D eigenvalue weighted by Crippen LogP contribution is -2.34. The molecule has 0 spiro atoms. The van der Waals surface area contributed by atoms with Crippen molar-refractivity contribution in [1.29, 1.82) is 0 Å². The van der Waals surface area contributed by atoms with E-state index in [9.17, 15) is 4.79 Å². The number of likely N-dealkylation sites (tertiary alicyclic amines) is 1. The molecule has 0 saturated carbocycles. The summed E-state index contributed by atoms with van der Waals surface area (Å²) in [5.74, 6) is 1.28. The second-order valence-corrected chi connectivity index (χ2v) is 9.79.